The Morgan fingerprint density at radius 3 is 3.00 bits per heavy atom. The van der Waals surface area contributed by atoms with Gasteiger partial charge in [0, 0.05) is 24.5 Å². The first-order valence-corrected chi connectivity index (χ1v) is 11.3. The van der Waals surface area contributed by atoms with Crippen LogP contribution < -0.4 is 4.74 Å². The molecule has 0 bridgehead atoms. The number of carbonyl (C=O) groups is 1. The van der Waals surface area contributed by atoms with E-state index in [4.69, 9.17) is 9.15 Å². The second-order valence-corrected chi connectivity index (χ2v) is 8.56. The summed E-state index contributed by atoms with van der Waals surface area (Å²) < 4.78 is 10.3. The van der Waals surface area contributed by atoms with Crippen molar-refractivity contribution in [1.82, 2.24) is 14.9 Å². The molecule has 1 saturated heterocycles. The fraction of sp³-hybridized carbons (Fsp3) is 0.423. The lowest BCUT2D eigenvalue weighted by Crippen LogP contribution is -2.41. The third kappa shape index (κ3) is 6.11. The number of piperidine rings is 1. The van der Waals surface area contributed by atoms with E-state index in [0.29, 0.717) is 18.2 Å². The van der Waals surface area contributed by atoms with Crippen LogP contribution in [-0.2, 0) is 11.2 Å². The maximum absolute atomic E-state index is 11.5. The number of pyridine rings is 1. The number of nitrogens with zero attached hydrogens (tertiary/aromatic N) is 3. The molecule has 0 radical (unpaired) electrons. The molecule has 172 valence electrons. The average Bonchev–Trinajstić information content (AvgIpc) is 3.33. The standard InChI is InChI=1S/C26H29N3O4/c1-32-23-7-8-25-24(15-23)20(9-11-27-25)5-2-4-19-10-13-29(16-21(19)14-26(30)31)12-3-6-22-17-33-18-28-22/h7-9,11,15,17-19,21H,2,4-5,10,12-14,16H2,1H3,(H,30,31)/t19-,21+/m1/s1. The zero-order chi connectivity index (χ0) is 23.0. The first-order valence-electron chi connectivity index (χ1n) is 11.3. The molecule has 33 heavy (non-hydrogen) atoms. The molecule has 1 fully saturated rings. The molecular formula is C26H29N3O4. The molecule has 0 spiro atoms. The fourth-order valence-corrected chi connectivity index (χ4v) is 4.73. The normalized spacial score (nSPS) is 18.6. The lowest BCUT2D eigenvalue weighted by Gasteiger charge is -2.37. The van der Waals surface area contributed by atoms with E-state index in [1.165, 1.54) is 18.2 Å². The van der Waals surface area contributed by atoms with Gasteiger partial charge >= 0.3 is 5.97 Å². The van der Waals surface area contributed by atoms with Crippen LogP contribution in [0.3, 0.4) is 0 Å². The molecule has 0 unspecified atom stereocenters. The van der Waals surface area contributed by atoms with Gasteiger partial charge in [-0.15, -0.1) is 0 Å². The summed E-state index contributed by atoms with van der Waals surface area (Å²) in [6, 6.07) is 8.04. The molecule has 0 saturated carbocycles. The van der Waals surface area contributed by atoms with E-state index in [1.807, 2.05) is 24.4 Å². The number of aliphatic carboxylic acids is 1. The Bertz CT molecular complexity index is 1130. The van der Waals surface area contributed by atoms with Crippen LogP contribution in [0.15, 0.2) is 47.5 Å². The summed E-state index contributed by atoms with van der Waals surface area (Å²) in [4.78, 5) is 22.2. The lowest BCUT2D eigenvalue weighted by atomic mass is 9.80. The van der Waals surface area contributed by atoms with Gasteiger partial charge < -0.3 is 14.3 Å². The van der Waals surface area contributed by atoms with Gasteiger partial charge in [-0.2, -0.15) is 0 Å². The Balaban J connectivity index is 1.35. The molecule has 1 N–H and O–H groups in total. The number of likely N-dealkylation sites (tertiary alicyclic amines) is 1. The van der Waals surface area contributed by atoms with Crippen molar-refractivity contribution < 1.29 is 19.1 Å². The molecule has 4 rings (SSSR count). The van der Waals surface area contributed by atoms with E-state index in [2.05, 4.69) is 32.8 Å². The molecule has 2 aromatic heterocycles. The Morgan fingerprint density at radius 1 is 1.30 bits per heavy atom. The topological polar surface area (TPSA) is 88.7 Å². The second kappa shape index (κ2) is 11.0. The van der Waals surface area contributed by atoms with Crippen LogP contribution in [0, 0.1) is 23.7 Å². The van der Waals surface area contributed by atoms with Crippen molar-refractivity contribution in [3.05, 3.63) is 54.4 Å². The SMILES string of the molecule is COc1ccc2nccc(CCC[C@@H]3CCN(CC#Cc4cocn4)C[C@@H]3CC(=O)O)c2c1. The summed E-state index contributed by atoms with van der Waals surface area (Å²) in [5, 5.41) is 10.6. The minimum atomic E-state index is -0.729. The van der Waals surface area contributed by atoms with E-state index < -0.39 is 5.97 Å². The van der Waals surface area contributed by atoms with Gasteiger partial charge in [-0.3, -0.25) is 14.7 Å². The number of aryl methyl sites for hydroxylation is 1. The summed E-state index contributed by atoms with van der Waals surface area (Å²) in [7, 11) is 1.67. The van der Waals surface area contributed by atoms with Gasteiger partial charge in [0.15, 0.2) is 12.1 Å². The van der Waals surface area contributed by atoms with E-state index in [9.17, 15) is 9.90 Å². The number of methoxy groups -OCH3 is 1. The molecule has 2 atom stereocenters. The first-order chi connectivity index (χ1) is 16.1. The predicted molar refractivity (Wildman–Crippen MR) is 125 cm³/mol. The number of hydrogen-bond donors (Lipinski definition) is 1. The summed E-state index contributed by atoms with van der Waals surface area (Å²) >= 11 is 0. The van der Waals surface area contributed by atoms with Crippen molar-refractivity contribution in [2.24, 2.45) is 11.8 Å². The van der Waals surface area contributed by atoms with Crippen molar-refractivity contribution in [2.45, 2.75) is 32.1 Å². The minimum Gasteiger partial charge on any atom is -0.497 e. The Morgan fingerprint density at radius 2 is 2.21 bits per heavy atom. The van der Waals surface area contributed by atoms with Crippen LogP contribution in [0.25, 0.3) is 10.9 Å². The Kier molecular flexibility index (Phi) is 7.59. The number of ether oxygens (including phenoxy) is 1. The monoisotopic (exact) mass is 447 g/mol. The van der Waals surface area contributed by atoms with Crippen LogP contribution in [0.2, 0.25) is 0 Å². The number of fused-ring (bicyclic) bond motifs is 1. The molecule has 3 heterocycles. The zero-order valence-electron chi connectivity index (χ0n) is 18.9. The lowest BCUT2D eigenvalue weighted by molar-refractivity contribution is -0.139. The maximum Gasteiger partial charge on any atom is 0.303 e. The van der Waals surface area contributed by atoms with Crippen molar-refractivity contribution in [3.63, 3.8) is 0 Å². The number of benzene rings is 1. The van der Waals surface area contributed by atoms with E-state index in [-0.39, 0.29) is 12.3 Å². The van der Waals surface area contributed by atoms with E-state index in [1.54, 1.807) is 7.11 Å². The molecule has 0 aliphatic carbocycles. The molecule has 1 aliphatic rings. The van der Waals surface area contributed by atoms with Crippen LogP contribution in [0.1, 0.15) is 36.9 Å². The average molecular weight is 448 g/mol. The van der Waals surface area contributed by atoms with E-state index >= 15 is 0 Å². The highest BCUT2D eigenvalue weighted by Gasteiger charge is 2.30. The predicted octanol–water partition coefficient (Wildman–Crippen LogP) is 4.02. The summed E-state index contributed by atoms with van der Waals surface area (Å²) in [5.41, 5.74) is 2.85. The Labute approximate surface area is 193 Å². The summed E-state index contributed by atoms with van der Waals surface area (Å²) in [5.74, 6) is 6.76. The van der Waals surface area contributed by atoms with Crippen LogP contribution in [0.5, 0.6) is 5.75 Å². The number of aromatic nitrogens is 2. The van der Waals surface area contributed by atoms with Gasteiger partial charge in [0.25, 0.3) is 0 Å². The Hall–Kier alpha value is -3.37. The highest BCUT2D eigenvalue weighted by molar-refractivity contribution is 5.83. The quantitative estimate of drug-likeness (QED) is 0.522. The van der Waals surface area contributed by atoms with Crippen molar-refractivity contribution in [3.8, 4) is 17.6 Å². The fourth-order valence-electron chi connectivity index (χ4n) is 4.73. The number of oxazole rings is 1. The second-order valence-electron chi connectivity index (χ2n) is 8.56. The summed E-state index contributed by atoms with van der Waals surface area (Å²) in [6.45, 7) is 2.31. The number of hydrogen-bond acceptors (Lipinski definition) is 6. The van der Waals surface area contributed by atoms with Gasteiger partial charge in [0.05, 0.1) is 19.2 Å². The van der Waals surface area contributed by atoms with Gasteiger partial charge in [-0.05, 0) is 79.8 Å². The molecule has 0 amide bonds. The molecular weight excluding hydrogens is 418 g/mol. The highest BCUT2D eigenvalue weighted by Crippen LogP contribution is 2.31. The smallest absolute Gasteiger partial charge is 0.303 e. The first kappa shape index (κ1) is 22.8. The largest absolute Gasteiger partial charge is 0.497 e. The van der Waals surface area contributed by atoms with Crippen LogP contribution >= 0.6 is 0 Å². The number of carboxylic acid groups (broad SMARTS) is 1. The molecule has 1 aliphatic heterocycles. The molecule has 7 heteroatoms. The van der Waals surface area contributed by atoms with Gasteiger partial charge in [-0.1, -0.05) is 5.92 Å². The maximum atomic E-state index is 11.5. The zero-order valence-corrected chi connectivity index (χ0v) is 18.9. The third-order valence-electron chi connectivity index (χ3n) is 6.42. The van der Waals surface area contributed by atoms with Gasteiger partial charge in [-0.25, -0.2) is 4.98 Å². The minimum absolute atomic E-state index is 0.138. The molecule has 1 aromatic carbocycles. The van der Waals surface area contributed by atoms with Crippen molar-refractivity contribution >= 4 is 16.9 Å². The van der Waals surface area contributed by atoms with Gasteiger partial charge in [0.1, 0.15) is 12.0 Å². The van der Waals surface area contributed by atoms with Gasteiger partial charge in [0.2, 0.25) is 0 Å². The summed E-state index contributed by atoms with van der Waals surface area (Å²) in [6.07, 6.45) is 8.92. The van der Waals surface area contributed by atoms with E-state index in [0.717, 1.165) is 55.4 Å². The number of rotatable bonds is 8. The molecule has 3 aromatic rings. The number of carboxylic acids is 1. The van der Waals surface area contributed by atoms with Crippen molar-refractivity contribution in [1.29, 1.82) is 0 Å². The van der Waals surface area contributed by atoms with Crippen molar-refractivity contribution in [2.75, 3.05) is 26.7 Å². The third-order valence-corrected chi connectivity index (χ3v) is 6.42. The van der Waals surface area contributed by atoms with Crippen LogP contribution in [-0.4, -0.2) is 52.7 Å². The molecule has 7 nitrogen and oxygen atoms in total. The van der Waals surface area contributed by atoms with Crippen LogP contribution in [0.4, 0.5) is 0 Å². The highest BCUT2D eigenvalue weighted by atomic mass is 16.5.